The first-order chi connectivity index (χ1) is 10.5. The van der Waals surface area contributed by atoms with Gasteiger partial charge in [-0.1, -0.05) is 31.2 Å². The topological polar surface area (TPSA) is 55.8 Å². The highest BCUT2D eigenvalue weighted by Crippen LogP contribution is 2.17. The first-order valence-electron chi connectivity index (χ1n) is 7.89. The summed E-state index contributed by atoms with van der Waals surface area (Å²) in [7, 11) is 4.09. The molecule has 5 heteroatoms. The molecule has 1 aromatic carbocycles. The summed E-state index contributed by atoms with van der Waals surface area (Å²) in [5, 5.41) is 12.8. The van der Waals surface area contributed by atoms with Gasteiger partial charge in [-0.3, -0.25) is 0 Å². The molecule has 0 aliphatic carbocycles. The van der Waals surface area contributed by atoms with Gasteiger partial charge in [0.05, 0.1) is 6.10 Å². The molecule has 2 rings (SSSR count). The lowest BCUT2D eigenvalue weighted by atomic mass is 9.96. The summed E-state index contributed by atoms with van der Waals surface area (Å²) in [4.78, 5) is 16.0. The number of aliphatic hydroxyl groups excluding tert-OH is 1. The number of carbonyl (C=O) groups is 1. The molecule has 0 spiro atoms. The fourth-order valence-electron chi connectivity index (χ4n) is 2.65. The number of likely N-dealkylation sites (tertiary alicyclic amines) is 1. The van der Waals surface area contributed by atoms with Crippen LogP contribution in [0.1, 0.15) is 24.5 Å². The molecule has 2 unspecified atom stereocenters. The molecule has 2 atom stereocenters. The van der Waals surface area contributed by atoms with E-state index in [1.807, 2.05) is 33.2 Å². The number of amides is 2. The lowest BCUT2D eigenvalue weighted by molar-refractivity contribution is 0.0435. The number of urea groups is 1. The molecule has 1 heterocycles. The Balaban J connectivity index is 1.81. The standard InChI is InChI=1S/C17H27N3O2/c1-13-8-9-20(12-16(13)21)17(22)18-10-14-4-6-15(7-5-14)11-19(2)3/h4-7,13,16,21H,8-12H2,1-3H3,(H,18,22). The number of β-amino-alcohol motifs (C(OH)–C–C–N with tert-alkyl or cyclic N) is 1. The zero-order valence-electron chi connectivity index (χ0n) is 13.7. The van der Waals surface area contributed by atoms with Gasteiger partial charge in [-0.05, 0) is 37.6 Å². The molecule has 2 N–H and O–H groups in total. The molecule has 0 bridgehead atoms. The van der Waals surface area contributed by atoms with E-state index < -0.39 is 6.10 Å². The van der Waals surface area contributed by atoms with Crippen molar-refractivity contribution in [3.05, 3.63) is 35.4 Å². The number of piperidine rings is 1. The van der Waals surface area contributed by atoms with Crippen molar-refractivity contribution in [2.75, 3.05) is 27.2 Å². The predicted molar refractivity (Wildman–Crippen MR) is 87.4 cm³/mol. The van der Waals surface area contributed by atoms with Crippen LogP contribution in [0.2, 0.25) is 0 Å². The van der Waals surface area contributed by atoms with E-state index >= 15 is 0 Å². The van der Waals surface area contributed by atoms with Crippen LogP contribution in [0.4, 0.5) is 4.79 Å². The summed E-state index contributed by atoms with van der Waals surface area (Å²) < 4.78 is 0. The molecule has 1 aliphatic rings. The third-order valence-electron chi connectivity index (χ3n) is 4.17. The van der Waals surface area contributed by atoms with Gasteiger partial charge in [-0.25, -0.2) is 4.79 Å². The molecule has 1 aromatic rings. The number of carbonyl (C=O) groups excluding carboxylic acids is 1. The van der Waals surface area contributed by atoms with Crippen molar-refractivity contribution in [2.24, 2.45) is 5.92 Å². The highest BCUT2D eigenvalue weighted by molar-refractivity contribution is 5.74. The van der Waals surface area contributed by atoms with Gasteiger partial charge < -0.3 is 20.2 Å². The Morgan fingerprint density at radius 1 is 1.32 bits per heavy atom. The fraction of sp³-hybridized carbons (Fsp3) is 0.588. The van der Waals surface area contributed by atoms with Gasteiger partial charge in [-0.2, -0.15) is 0 Å². The van der Waals surface area contributed by atoms with Crippen LogP contribution in [0.25, 0.3) is 0 Å². The van der Waals surface area contributed by atoms with Gasteiger partial charge in [0, 0.05) is 26.2 Å². The molecule has 1 saturated heterocycles. The van der Waals surface area contributed by atoms with Crippen LogP contribution in [-0.4, -0.2) is 54.2 Å². The van der Waals surface area contributed by atoms with Crippen molar-refractivity contribution < 1.29 is 9.90 Å². The van der Waals surface area contributed by atoms with Gasteiger partial charge in [0.1, 0.15) is 0 Å². The SMILES string of the molecule is CC1CCN(C(=O)NCc2ccc(CN(C)C)cc2)CC1O. The molecule has 5 nitrogen and oxygen atoms in total. The van der Waals surface area contributed by atoms with Crippen molar-refractivity contribution in [2.45, 2.75) is 32.5 Å². The number of benzene rings is 1. The number of rotatable bonds is 4. The summed E-state index contributed by atoms with van der Waals surface area (Å²) in [5.74, 6) is 0.272. The third-order valence-corrected chi connectivity index (χ3v) is 4.17. The van der Waals surface area contributed by atoms with Crippen molar-refractivity contribution in [1.29, 1.82) is 0 Å². The lowest BCUT2D eigenvalue weighted by Gasteiger charge is -2.34. The maximum absolute atomic E-state index is 12.1. The first kappa shape index (κ1) is 16.8. The van der Waals surface area contributed by atoms with E-state index in [0.29, 0.717) is 19.6 Å². The van der Waals surface area contributed by atoms with Crippen LogP contribution in [0, 0.1) is 5.92 Å². The van der Waals surface area contributed by atoms with Crippen molar-refractivity contribution >= 4 is 6.03 Å². The van der Waals surface area contributed by atoms with Crippen LogP contribution in [0.3, 0.4) is 0 Å². The van der Waals surface area contributed by atoms with E-state index in [4.69, 9.17) is 0 Å². The van der Waals surface area contributed by atoms with E-state index in [2.05, 4.69) is 22.3 Å². The Morgan fingerprint density at radius 3 is 2.55 bits per heavy atom. The smallest absolute Gasteiger partial charge is 0.317 e. The number of nitrogens with one attached hydrogen (secondary N) is 1. The van der Waals surface area contributed by atoms with Crippen molar-refractivity contribution in [1.82, 2.24) is 15.1 Å². The molecular weight excluding hydrogens is 278 g/mol. The summed E-state index contributed by atoms with van der Waals surface area (Å²) in [5.41, 5.74) is 2.34. The average molecular weight is 305 g/mol. The molecule has 22 heavy (non-hydrogen) atoms. The molecule has 1 fully saturated rings. The second kappa shape index (κ2) is 7.61. The second-order valence-electron chi connectivity index (χ2n) is 6.49. The van der Waals surface area contributed by atoms with Gasteiger partial charge in [0.2, 0.25) is 0 Å². The molecular formula is C17H27N3O2. The molecule has 0 radical (unpaired) electrons. The van der Waals surface area contributed by atoms with Crippen LogP contribution >= 0.6 is 0 Å². The largest absolute Gasteiger partial charge is 0.391 e. The maximum atomic E-state index is 12.1. The summed E-state index contributed by atoms with van der Waals surface area (Å²) >= 11 is 0. The van der Waals surface area contributed by atoms with Gasteiger partial charge in [-0.15, -0.1) is 0 Å². The van der Waals surface area contributed by atoms with E-state index in [9.17, 15) is 9.90 Å². The van der Waals surface area contributed by atoms with E-state index in [-0.39, 0.29) is 11.9 Å². The number of hydrogen-bond acceptors (Lipinski definition) is 3. The lowest BCUT2D eigenvalue weighted by Crippen LogP contribution is -2.49. The Hall–Kier alpha value is -1.59. The highest BCUT2D eigenvalue weighted by atomic mass is 16.3. The highest BCUT2D eigenvalue weighted by Gasteiger charge is 2.26. The Kier molecular flexibility index (Phi) is 5.80. The van der Waals surface area contributed by atoms with Gasteiger partial charge in [0.25, 0.3) is 0 Å². The molecule has 2 amide bonds. The Labute approximate surface area is 132 Å². The van der Waals surface area contributed by atoms with Crippen molar-refractivity contribution in [3.8, 4) is 0 Å². The minimum Gasteiger partial charge on any atom is -0.391 e. The van der Waals surface area contributed by atoms with Gasteiger partial charge >= 0.3 is 6.03 Å². The van der Waals surface area contributed by atoms with Gasteiger partial charge in [0.15, 0.2) is 0 Å². The van der Waals surface area contributed by atoms with E-state index in [0.717, 1.165) is 18.5 Å². The average Bonchev–Trinajstić information content (AvgIpc) is 2.48. The summed E-state index contributed by atoms with van der Waals surface area (Å²) in [6, 6.07) is 8.18. The monoisotopic (exact) mass is 305 g/mol. The Bertz CT molecular complexity index is 487. The number of aliphatic hydroxyl groups is 1. The van der Waals surface area contributed by atoms with Crippen LogP contribution in [0.15, 0.2) is 24.3 Å². The quantitative estimate of drug-likeness (QED) is 0.889. The predicted octanol–water partition coefficient (Wildman–Crippen LogP) is 1.66. The molecule has 0 aromatic heterocycles. The third kappa shape index (κ3) is 4.71. The molecule has 0 saturated carbocycles. The summed E-state index contributed by atoms with van der Waals surface area (Å²) in [6.45, 7) is 4.59. The minimum absolute atomic E-state index is 0.0941. The van der Waals surface area contributed by atoms with E-state index in [1.54, 1.807) is 4.90 Å². The zero-order valence-corrected chi connectivity index (χ0v) is 13.7. The van der Waals surface area contributed by atoms with Crippen LogP contribution in [-0.2, 0) is 13.1 Å². The number of nitrogens with zero attached hydrogens (tertiary/aromatic N) is 2. The zero-order chi connectivity index (χ0) is 16.1. The maximum Gasteiger partial charge on any atom is 0.317 e. The minimum atomic E-state index is -0.412. The normalized spacial score (nSPS) is 22.0. The number of hydrogen-bond donors (Lipinski definition) is 2. The summed E-state index contributed by atoms with van der Waals surface area (Å²) in [6.07, 6.45) is 0.443. The van der Waals surface area contributed by atoms with Crippen LogP contribution < -0.4 is 5.32 Å². The Morgan fingerprint density at radius 2 is 1.95 bits per heavy atom. The first-order valence-corrected chi connectivity index (χ1v) is 7.89. The molecule has 122 valence electrons. The molecule has 1 aliphatic heterocycles. The fourth-order valence-corrected chi connectivity index (χ4v) is 2.65. The van der Waals surface area contributed by atoms with Crippen molar-refractivity contribution in [3.63, 3.8) is 0 Å². The second-order valence-corrected chi connectivity index (χ2v) is 6.49. The van der Waals surface area contributed by atoms with E-state index in [1.165, 1.54) is 5.56 Å². The van der Waals surface area contributed by atoms with Crippen LogP contribution in [0.5, 0.6) is 0 Å².